The molecule has 2 aliphatic rings. The second-order valence-corrected chi connectivity index (χ2v) is 7.82. The van der Waals surface area contributed by atoms with E-state index in [1.807, 2.05) is 0 Å². The first-order valence-corrected chi connectivity index (χ1v) is 9.72. The van der Waals surface area contributed by atoms with Crippen molar-refractivity contribution in [2.24, 2.45) is 10.9 Å². The van der Waals surface area contributed by atoms with Gasteiger partial charge >= 0.3 is 0 Å². The van der Waals surface area contributed by atoms with E-state index in [2.05, 4.69) is 44.0 Å². The normalized spacial score (nSPS) is 18.6. The molecule has 1 aromatic carbocycles. The highest BCUT2D eigenvalue weighted by atomic mass is 16.7. The van der Waals surface area contributed by atoms with Gasteiger partial charge in [0.2, 0.25) is 6.79 Å². The highest BCUT2D eigenvalue weighted by Crippen LogP contribution is 2.37. The van der Waals surface area contributed by atoms with Crippen LogP contribution in [0.3, 0.4) is 0 Å². The zero-order chi connectivity index (χ0) is 17.6. The number of hydrogen-bond acceptors (Lipinski definition) is 4. The second kappa shape index (κ2) is 8.70. The van der Waals surface area contributed by atoms with Gasteiger partial charge in [-0.15, -0.1) is 0 Å². The van der Waals surface area contributed by atoms with E-state index in [-0.39, 0.29) is 0 Å². The van der Waals surface area contributed by atoms with E-state index in [4.69, 9.17) is 14.5 Å². The Kier molecular flexibility index (Phi) is 6.35. The number of fused-ring (bicyclic) bond motifs is 1. The topological polar surface area (TPSA) is 34.1 Å². The number of nitrogens with zero attached hydrogens (tertiary/aromatic N) is 2. The molecule has 138 valence electrons. The highest BCUT2D eigenvalue weighted by Gasteiger charge is 2.18. The lowest BCUT2D eigenvalue weighted by molar-refractivity contribution is 0.174. The molecule has 2 aliphatic heterocycles. The Bertz CT molecular complexity index is 588. The van der Waals surface area contributed by atoms with Gasteiger partial charge in [0.05, 0.1) is 0 Å². The van der Waals surface area contributed by atoms with Crippen LogP contribution in [0.15, 0.2) is 23.2 Å². The van der Waals surface area contributed by atoms with Crippen LogP contribution in [0.4, 0.5) is 0 Å². The lowest BCUT2D eigenvalue weighted by atomic mass is 9.88. The summed E-state index contributed by atoms with van der Waals surface area (Å²) in [6.45, 7) is 8.19. The standard InChI is InChI=1S/C21H32N2O2/c1-16(2)4-5-17(8-11-22-19-9-12-23(3)13-10-19)18-6-7-20-21(14-18)25-15-24-20/h6-7,14,16-17H,4-5,8-13,15H2,1-3H3/t17-/m1/s1. The summed E-state index contributed by atoms with van der Waals surface area (Å²) in [5, 5.41) is 0. The average molecular weight is 344 g/mol. The third-order valence-electron chi connectivity index (χ3n) is 5.34. The van der Waals surface area contributed by atoms with Gasteiger partial charge < -0.3 is 14.4 Å². The lowest BCUT2D eigenvalue weighted by Crippen LogP contribution is -2.30. The summed E-state index contributed by atoms with van der Waals surface area (Å²) in [7, 11) is 2.19. The third-order valence-corrected chi connectivity index (χ3v) is 5.34. The van der Waals surface area contributed by atoms with Crippen LogP contribution in [0.1, 0.15) is 57.4 Å². The molecule has 0 amide bonds. The van der Waals surface area contributed by atoms with Crippen LogP contribution in [-0.2, 0) is 0 Å². The van der Waals surface area contributed by atoms with E-state index >= 15 is 0 Å². The quantitative estimate of drug-likeness (QED) is 0.731. The van der Waals surface area contributed by atoms with Crippen molar-refractivity contribution in [1.82, 2.24) is 4.90 Å². The summed E-state index contributed by atoms with van der Waals surface area (Å²) < 4.78 is 11.0. The maximum Gasteiger partial charge on any atom is 0.231 e. The molecule has 0 aromatic heterocycles. The molecule has 0 aliphatic carbocycles. The van der Waals surface area contributed by atoms with Crippen molar-refractivity contribution in [1.29, 1.82) is 0 Å². The fraction of sp³-hybridized carbons (Fsp3) is 0.667. The van der Waals surface area contributed by atoms with Crippen LogP contribution in [0.25, 0.3) is 0 Å². The summed E-state index contributed by atoms with van der Waals surface area (Å²) in [6, 6.07) is 6.44. The van der Waals surface area contributed by atoms with Crippen molar-refractivity contribution < 1.29 is 9.47 Å². The minimum atomic E-state index is 0.345. The average Bonchev–Trinajstić information content (AvgIpc) is 3.07. The maximum atomic E-state index is 5.57. The Hall–Kier alpha value is -1.55. The van der Waals surface area contributed by atoms with Crippen molar-refractivity contribution in [2.45, 2.75) is 51.9 Å². The Morgan fingerprint density at radius 1 is 1.04 bits per heavy atom. The van der Waals surface area contributed by atoms with E-state index in [0.29, 0.717) is 12.7 Å². The van der Waals surface area contributed by atoms with Crippen LogP contribution in [0.2, 0.25) is 0 Å². The Morgan fingerprint density at radius 2 is 1.80 bits per heavy atom. The van der Waals surface area contributed by atoms with E-state index in [9.17, 15) is 0 Å². The molecule has 4 heteroatoms. The number of benzene rings is 1. The summed E-state index contributed by atoms with van der Waals surface area (Å²) in [5.74, 6) is 3.05. The van der Waals surface area contributed by atoms with E-state index < -0.39 is 0 Å². The van der Waals surface area contributed by atoms with Crippen molar-refractivity contribution in [3.8, 4) is 11.5 Å². The van der Waals surface area contributed by atoms with E-state index in [0.717, 1.165) is 56.3 Å². The molecule has 0 N–H and O–H groups in total. The number of aliphatic imine (C=N–C) groups is 1. The number of rotatable bonds is 7. The maximum absolute atomic E-state index is 5.57. The molecule has 4 nitrogen and oxygen atoms in total. The molecular formula is C21H32N2O2. The van der Waals surface area contributed by atoms with Crippen LogP contribution in [-0.4, -0.2) is 44.1 Å². The fourth-order valence-corrected chi connectivity index (χ4v) is 3.59. The molecule has 1 saturated heterocycles. The van der Waals surface area contributed by atoms with Crippen LogP contribution in [0, 0.1) is 5.92 Å². The predicted molar refractivity (Wildman–Crippen MR) is 103 cm³/mol. The van der Waals surface area contributed by atoms with Gasteiger partial charge in [0.25, 0.3) is 0 Å². The predicted octanol–water partition coefficient (Wildman–Crippen LogP) is 4.49. The molecule has 2 heterocycles. The molecule has 3 rings (SSSR count). The molecule has 1 atom stereocenters. The van der Waals surface area contributed by atoms with Crippen LogP contribution in [0.5, 0.6) is 11.5 Å². The minimum absolute atomic E-state index is 0.345. The first kappa shape index (κ1) is 18.2. The zero-order valence-corrected chi connectivity index (χ0v) is 16.0. The lowest BCUT2D eigenvalue weighted by Gasteiger charge is -2.23. The first-order chi connectivity index (χ1) is 12.1. The van der Waals surface area contributed by atoms with E-state index in [1.165, 1.54) is 24.1 Å². The van der Waals surface area contributed by atoms with Gasteiger partial charge in [-0.2, -0.15) is 0 Å². The largest absolute Gasteiger partial charge is 0.454 e. The number of likely N-dealkylation sites (tertiary alicyclic amines) is 1. The second-order valence-electron chi connectivity index (χ2n) is 7.82. The molecule has 0 spiro atoms. The monoisotopic (exact) mass is 344 g/mol. The minimum Gasteiger partial charge on any atom is -0.454 e. The molecule has 1 aromatic rings. The zero-order valence-electron chi connectivity index (χ0n) is 16.0. The molecule has 25 heavy (non-hydrogen) atoms. The smallest absolute Gasteiger partial charge is 0.231 e. The molecule has 0 radical (unpaired) electrons. The van der Waals surface area contributed by atoms with Crippen molar-refractivity contribution in [3.63, 3.8) is 0 Å². The van der Waals surface area contributed by atoms with Gasteiger partial charge in [0.15, 0.2) is 11.5 Å². The number of hydrogen-bond donors (Lipinski definition) is 0. The number of ether oxygens (including phenoxy) is 2. The summed E-state index contributed by atoms with van der Waals surface area (Å²) in [5.41, 5.74) is 2.78. The third kappa shape index (κ3) is 5.21. The Balaban J connectivity index is 1.62. The molecule has 0 bridgehead atoms. The van der Waals surface area contributed by atoms with E-state index in [1.54, 1.807) is 0 Å². The van der Waals surface area contributed by atoms with Gasteiger partial charge in [-0.05, 0) is 62.3 Å². The van der Waals surface area contributed by atoms with Gasteiger partial charge in [-0.25, -0.2) is 0 Å². The summed E-state index contributed by atoms with van der Waals surface area (Å²) in [6.07, 6.45) is 5.85. The van der Waals surface area contributed by atoms with Crippen molar-refractivity contribution >= 4 is 5.71 Å². The molecule has 0 saturated carbocycles. The van der Waals surface area contributed by atoms with Gasteiger partial charge in [0.1, 0.15) is 0 Å². The molecule has 0 unspecified atom stereocenters. The van der Waals surface area contributed by atoms with Gasteiger partial charge in [0, 0.05) is 25.3 Å². The summed E-state index contributed by atoms with van der Waals surface area (Å²) in [4.78, 5) is 7.30. The number of piperidine rings is 1. The van der Waals surface area contributed by atoms with Crippen molar-refractivity contribution in [3.05, 3.63) is 23.8 Å². The van der Waals surface area contributed by atoms with Gasteiger partial charge in [-0.3, -0.25) is 4.99 Å². The molecule has 1 fully saturated rings. The first-order valence-electron chi connectivity index (χ1n) is 9.72. The van der Waals surface area contributed by atoms with Gasteiger partial charge in [-0.1, -0.05) is 26.3 Å². The Morgan fingerprint density at radius 3 is 2.56 bits per heavy atom. The highest BCUT2D eigenvalue weighted by molar-refractivity contribution is 5.85. The SMILES string of the molecule is CC(C)CC[C@H](CCN=C1CCN(C)CC1)c1ccc2c(c1)OCO2. The van der Waals surface area contributed by atoms with Crippen molar-refractivity contribution in [2.75, 3.05) is 33.5 Å². The molecular weight excluding hydrogens is 312 g/mol. The van der Waals surface area contributed by atoms with Crippen LogP contribution >= 0.6 is 0 Å². The Labute approximate surface area is 152 Å². The fourth-order valence-electron chi connectivity index (χ4n) is 3.59. The van der Waals surface area contributed by atoms with Crippen LogP contribution < -0.4 is 9.47 Å². The summed E-state index contributed by atoms with van der Waals surface area (Å²) >= 11 is 0.